The van der Waals surface area contributed by atoms with Gasteiger partial charge in [-0.05, 0) is 17.7 Å². The number of thiocarbonyl (C=S) groups is 1. The lowest BCUT2D eigenvalue weighted by Gasteiger charge is -2.34. The predicted molar refractivity (Wildman–Crippen MR) is 118 cm³/mol. The van der Waals surface area contributed by atoms with Crippen molar-refractivity contribution in [2.24, 2.45) is 0 Å². The minimum Gasteiger partial charge on any atom is -0.381 e. The van der Waals surface area contributed by atoms with Gasteiger partial charge in [0.25, 0.3) is 0 Å². The Hall–Kier alpha value is -2.87. The van der Waals surface area contributed by atoms with Crippen LogP contribution in [-0.4, -0.2) is 42.7 Å². The number of nitriles is 1. The molecule has 0 spiro atoms. The minimum atomic E-state index is -1.75. The van der Waals surface area contributed by atoms with E-state index in [0.717, 1.165) is 17.7 Å². The van der Waals surface area contributed by atoms with Crippen LogP contribution in [0.3, 0.4) is 0 Å². The summed E-state index contributed by atoms with van der Waals surface area (Å²) in [5.41, 5.74) is -0.418. The number of halogens is 2. The highest BCUT2D eigenvalue weighted by Gasteiger charge is 2.35. The van der Waals surface area contributed by atoms with Gasteiger partial charge in [-0.2, -0.15) is 10.4 Å². The SMILES string of the molecule is CN(CC(O)(Cn1cncn1)c1ccc(F)cc1F)C(=S)SCc1ccccc1C#N. The summed E-state index contributed by atoms with van der Waals surface area (Å²) >= 11 is 6.81. The summed E-state index contributed by atoms with van der Waals surface area (Å²) in [6, 6.07) is 12.4. The molecule has 0 aliphatic carbocycles. The molecule has 0 radical (unpaired) electrons. The summed E-state index contributed by atoms with van der Waals surface area (Å²) < 4.78 is 29.8. The Bertz CT molecular complexity index is 1100. The van der Waals surface area contributed by atoms with Crippen molar-refractivity contribution in [3.05, 3.63) is 83.4 Å². The fourth-order valence-corrected chi connectivity index (χ4v) is 4.19. The molecule has 0 fully saturated rings. The molecule has 0 bridgehead atoms. The summed E-state index contributed by atoms with van der Waals surface area (Å²) in [5, 5.41) is 24.6. The van der Waals surface area contributed by atoms with E-state index < -0.39 is 17.2 Å². The highest BCUT2D eigenvalue weighted by molar-refractivity contribution is 8.22. The summed E-state index contributed by atoms with van der Waals surface area (Å²) in [6.45, 7) is -0.175. The van der Waals surface area contributed by atoms with Crippen LogP contribution in [0.25, 0.3) is 0 Å². The Morgan fingerprint density at radius 2 is 2.10 bits per heavy atom. The third-order valence-electron chi connectivity index (χ3n) is 4.62. The first-order valence-corrected chi connectivity index (χ1v) is 10.6. The van der Waals surface area contributed by atoms with Crippen molar-refractivity contribution in [3.8, 4) is 6.07 Å². The molecule has 0 aliphatic rings. The number of likely N-dealkylation sites (N-methyl/N-ethyl adjacent to an activating group) is 1. The third-order valence-corrected chi connectivity index (χ3v) is 6.30. The molecule has 10 heteroatoms. The van der Waals surface area contributed by atoms with Crippen LogP contribution in [-0.2, 0) is 17.9 Å². The summed E-state index contributed by atoms with van der Waals surface area (Å²) in [4.78, 5) is 5.47. The lowest BCUT2D eigenvalue weighted by Crippen LogP contribution is -2.44. The number of aliphatic hydroxyl groups is 1. The Balaban J connectivity index is 1.78. The van der Waals surface area contributed by atoms with Gasteiger partial charge >= 0.3 is 0 Å². The number of rotatable bonds is 7. The topological polar surface area (TPSA) is 78.0 Å². The highest BCUT2D eigenvalue weighted by Crippen LogP contribution is 2.29. The van der Waals surface area contributed by atoms with E-state index in [1.165, 1.54) is 35.2 Å². The monoisotopic (exact) mass is 459 g/mol. The van der Waals surface area contributed by atoms with E-state index in [2.05, 4.69) is 16.2 Å². The van der Waals surface area contributed by atoms with Gasteiger partial charge in [0.15, 0.2) is 0 Å². The zero-order valence-electron chi connectivity index (χ0n) is 16.6. The van der Waals surface area contributed by atoms with Gasteiger partial charge in [-0.25, -0.2) is 18.4 Å². The van der Waals surface area contributed by atoms with Crippen LogP contribution in [0.15, 0.2) is 55.1 Å². The Labute approximate surface area is 188 Å². The Morgan fingerprint density at radius 1 is 1.32 bits per heavy atom. The van der Waals surface area contributed by atoms with Gasteiger partial charge in [0.1, 0.15) is 34.2 Å². The Kier molecular flexibility index (Phi) is 7.33. The van der Waals surface area contributed by atoms with Crippen molar-refractivity contribution in [1.82, 2.24) is 19.7 Å². The van der Waals surface area contributed by atoms with Gasteiger partial charge in [-0.15, -0.1) is 0 Å². The number of benzene rings is 2. The van der Waals surface area contributed by atoms with Gasteiger partial charge < -0.3 is 10.0 Å². The molecule has 3 aromatic rings. The molecule has 1 N–H and O–H groups in total. The normalized spacial score (nSPS) is 12.7. The standard InChI is InChI=1S/C21H19F2N5OS2/c1-27(20(30)31-10-16-5-3-2-4-15(16)9-24)11-21(29,12-28-14-25-13-26-28)18-7-6-17(22)8-19(18)23/h2-8,13-14,29H,10-12H2,1H3. The van der Waals surface area contributed by atoms with Crippen molar-refractivity contribution < 1.29 is 13.9 Å². The molecule has 1 heterocycles. The number of nitrogens with zero attached hydrogens (tertiary/aromatic N) is 5. The Morgan fingerprint density at radius 3 is 2.77 bits per heavy atom. The zero-order valence-corrected chi connectivity index (χ0v) is 18.2. The first-order valence-electron chi connectivity index (χ1n) is 9.18. The fraction of sp³-hybridized carbons (Fsp3) is 0.238. The molecule has 0 saturated heterocycles. The van der Waals surface area contributed by atoms with E-state index >= 15 is 0 Å². The van der Waals surface area contributed by atoms with E-state index in [-0.39, 0.29) is 18.7 Å². The molecular weight excluding hydrogens is 440 g/mol. The average Bonchev–Trinajstić information content (AvgIpc) is 3.24. The lowest BCUT2D eigenvalue weighted by atomic mass is 9.92. The van der Waals surface area contributed by atoms with E-state index in [9.17, 15) is 19.1 Å². The largest absolute Gasteiger partial charge is 0.381 e. The quantitative estimate of drug-likeness (QED) is 0.542. The first-order chi connectivity index (χ1) is 14.8. The van der Waals surface area contributed by atoms with Crippen molar-refractivity contribution in [2.45, 2.75) is 17.9 Å². The molecule has 2 aromatic carbocycles. The zero-order chi connectivity index (χ0) is 22.4. The summed E-state index contributed by atoms with van der Waals surface area (Å²) in [6.07, 6.45) is 2.70. The predicted octanol–water partition coefficient (Wildman–Crippen LogP) is 3.47. The van der Waals surface area contributed by atoms with Crippen molar-refractivity contribution in [1.29, 1.82) is 5.26 Å². The van der Waals surface area contributed by atoms with Crippen molar-refractivity contribution in [2.75, 3.05) is 13.6 Å². The molecule has 0 amide bonds. The van der Waals surface area contributed by atoms with Crippen LogP contribution in [0.4, 0.5) is 8.78 Å². The number of thioether (sulfide) groups is 1. The summed E-state index contributed by atoms with van der Waals surface area (Å²) in [7, 11) is 1.68. The van der Waals surface area contributed by atoms with E-state index in [1.54, 1.807) is 24.1 Å². The van der Waals surface area contributed by atoms with Crippen LogP contribution < -0.4 is 0 Å². The van der Waals surface area contributed by atoms with E-state index in [0.29, 0.717) is 15.6 Å². The first kappa shape index (κ1) is 22.8. The smallest absolute Gasteiger partial charge is 0.137 e. The fourth-order valence-electron chi connectivity index (χ4n) is 3.13. The van der Waals surface area contributed by atoms with Gasteiger partial charge in [0, 0.05) is 24.4 Å². The maximum absolute atomic E-state index is 14.5. The second kappa shape index (κ2) is 9.96. The maximum Gasteiger partial charge on any atom is 0.137 e. The van der Waals surface area contributed by atoms with Crippen molar-refractivity contribution in [3.63, 3.8) is 0 Å². The van der Waals surface area contributed by atoms with Crippen LogP contribution in [0.1, 0.15) is 16.7 Å². The second-order valence-electron chi connectivity index (χ2n) is 6.93. The van der Waals surface area contributed by atoms with E-state index in [1.807, 2.05) is 12.1 Å². The minimum absolute atomic E-state index is 0.0683. The number of aromatic nitrogens is 3. The average molecular weight is 460 g/mol. The molecule has 0 aliphatic heterocycles. The van der Waals surface area contributed by atoms with Gasteiger partial charge in [0.2, 0.25) is 0 Å². The molecule has 1 aromatic heterocycles. The molecule has 3 rings (SSSR count). The van der Waals surface area contributed by atoms with Gasteiger partial charge in [-0.3, -0.25) is 0 Å². The van der Waals surface area contributed by atoms with Crippen LogP contribution in [0.5, 0.6) is 0 Å². The molecule has 31 heavy (non-hydrogen) atoms. The molecule has 0 saturated carbocycles. The second-order valence-corrected chi connectivity index (χ2v) is 8.54. The van der Waals surface area contributed by atoms with Crippen LogP contribution in [0.2, 0.25) is 0 Å². The van der Waals surface area contributed by atoms with Crippen LogP contribution in [0, 0.1) is 23.0 Å². The molecule has 160 valence electrons. The number of hydrogen-bond donors (Lipinski definition) is 1. The van der Waals surface area contributed by atoms with E-state index in [4.69, 9.17) is 12.2 Å². The molecular formula is C21H19F2N5OS2. The lowest BCUT2D eigenvalue weighted by molar-refractivity contribution is -0.00240. The van der Waals surface area contributed by atoms with Gasteiger partial charge in [-0.1, -0.05) is 48.2 Å². The number of hydrogen-bond acceptors (Lipinski definition) is 6. The maximum atomic E-state index is 14.5. The van der Waals surface area contributed by atoms with Gasteiger partial charge in [0.05, 0.1) is 24.7 Å². The summed E-state index contributed by atoms with van der Waals surface area (Å²) in [5.74, 6) is -1.13. The van der Waals surface area contributed by atoms with Crippen molar-refractivity contribution >= 4 is 28.3 Å². The highest BCUT2D eigenvalue weighted by atomic mass is 32.2. The molecule has 1 atom stereocenters. The molecule has 6 nitrogen and oxygen atoms in total. The molecule has 1 unspecified atom stereocenters. The third kappa shape index (κ3) is 5.64. The van der Waals surface area contributed by atoms with Crippen LogP contribution >= 0.6 is 24.0 Å².